The lowest BCUT2D eigenvalue weighted by atomic mass is 9.99. The molecule has 2 aliphatic rings. The molecule has 2 aliphatic heterocycles. The van der Waals surface area contributed by atoms with Crippen molar-refractivity contribution in [2.24, 2.45) is 0 Å². The molecule has 0 spiro atoms. The number of nitrogens with zero attached hydrogens (tertiary/aromatic N) is 2. The van der Waals surface area contributed by atoms with Crippen LogP contribution >= 0.6 is 0 Å². The smallest absolute Gasteiger partial charge is 0.292 e. The van der Waals surface area contributed by atoms with E-state index in [-0.39, 0.29) is 10.6 Å². The van der Waals surface area contributed by atoms with Crippen LogP contribution in [0.25, 0.3) is 0 Å². The van der Waals surface area contributed by atoms with Crippen LogP contribution in [0.2, 0.25) is 0 Å². The summed E-state index contributed by atoms with van der Waals surface area (Å²) in [7, 11) is 0. The summed E-state index contributed by atoms with van der Waals surface area (Å²) < 4.78 is 0. The van der Waals surface area contributed by atoms with Crippen molar-refractivity contribution in [3.63, 3.8) is 0 Å². The van der Waals surface area contributed by atoms with Gasteiger partial charge < -0.3 is 10.6 Å². The molecule has 0 amide bonds. The Labute approximate surface area is 153 Å². The van der Waals surface area contributed by atoms with Crippen LogP contribution in [0.3, 0.4) is 0 Å². The maximum atomic E-state index is 11.4. The first-order valence-corrected chi connectivity index (χ1v) is 9.22. The topological polar surface area (TPSA) is 70.4 Å². The molecule has 0 bridgehead atoms. The molecule has 0 saturated heterocycles. The third kappa shape index (κ3) is 3.12. The molecule has 136 valence electrons. The van der Waals surface area contributed by atoms with Gasteiger partial charge in [-0.25, -0.2) is 0 Å². The first-order chi connectivity index (χ1) is 12.6. The quantitative estimate of drug-likeness (QED) is 0.637. The summed E-state index contributed by atoms with van der Waals surface area (Å²) in [6, 6.07) is 12.3. The second kappa shape index (κ2) is 6.96. The molecule has 4 rings (SSSR count). The first-order valence-electron chi connectivity index (χ1n) is 9.22. The molecule has 6 nitrogen and oxygen atoms in total. The van der Waals surface area contributed by atoms with Gasteiger partial charge in [0.2, 0.25) is 0 Å². The number of nitro benzene ring substituents is 1. The van der Waals surface area contributed by atoms with Crippen molar-refractivity contribution in [2.45, 2.75) is 32.4 Å². The fourth-order valence-corrected chi connectivity index (χ4v) is 4.00. The molecule has 0 aromatic heterocycles. The summed E-state index contributed by atoms with van der Waals surface area (Å²) in [6.45, 7) is 5.68. The maximum absolute atomic E-state index is 11.4. The molecule has 2 heterocycles. The SMILES string of the molecule is CC(CNc1c([N+](=O)[O-])ccc2c1CCN2)N1CCc2ccccc2C1. The van der Waals surface area contributed by atoms with Gasteiger partial charge in [0.05, 0.1) is 4.92 Å². The summed E-state index contributed by atoms with van der Waals surface area (Å²) >= 11 is 0. The second-order valence-corrected chi connectivity index (χ2v) is 7.14. The highest BCUT2D eigenvalue weighted by Crippen LogP contribution is 2.37. The van der Waals surface area contributed by atoms with E-state index in [9.17, 15) is 10.1 Å². The molecule has 26 heavy (non-hydrogen) atoms. The van der Waals surface area contributed by atoms with Crippen molar-refractivity contribution in [1.29, 1.82) is 0 Å². The van der Waals surface area contributed by atoms with Crippen molar-refractivity contribution in [2.75, 3.05) is 30.3 Å². The highest BCUT2D eigenvalue weighted by atomic mass is 16.6. The van der Waals surface area contributed by atoms with Crippen molar-refractivity contribution in [3.8, 4) is 0 Å². The Morgan fingerprint density at radius 1 is 1.23 bits per heavy atom. The number of nitro groups is 1. The summed E-state index contributed by atoms with van der Waals surface area (Å²) in [5.41, 5.74) is 5.73. The largest absolute Gasteiger partial charge is 0.384 e. The van der Waals surface area contributed by atoms with Gasteiger partial charge >= 0.3 is 0 Å². The molecular weight excluding hydrogens is 328 g/mol. The Balaban J connectivity index is 1.48. The Kier molecular flexibility index (Phi) is 4.51. The molecule has 2 aromatic carbocycles. The van der Waals surface area contributed by atoms with Crippen LogP contribution in [-0.4, -0.2) is 35.5 Å². The lowest BCUT2D eigenvalue weighted by Crippen LogP contribution is -2.41. The standard InChI is InChI=1S/C20H24N4O2/c1-14(23-11-9-15-4-2-3-5-16(15)13-23)12-22-20-17-8-10-21-18(17)6-7-19(20)24(25)26/h2-7,14,21-22H,8-13H2,1H3. The van der Waals surface area contributed by atoms with Crippen LogP contribution in [0.4, 0.5) is 17.1 Å². The van der Waals surface area contributed by atoms with E-state index in [0.717, 1.165) is 43.7 Å². The predicted octanol–water partition coefficient (Wildman–Crippen LogP) is 3.42. The van der Waals surface area contributed by atoms with E-state index < -0.39 is 0 Å². The Morgan fingerprint density at radius 3 is 2.85 bits per heavy atom. The molecule has 0 aliphatic carbocycles. The minimum absolute atomic E-state index is 0.170. The number of anilines is 2. The molecule has 2 N–H and O–H groups in total. The van der Waals surface area contributed by atoms with Crippen LogP contribution < -0.4 is 10.6 Å². The Morgan fingerprint density at radius 2 is 2.04 bits per heavy atom. The van der Waals surface area contributed by atoms with Crippen molar-refractivity contribution >= 4 is 17.1 Å². The lowest BCUT2D eigenvalue weighted by Gasteiger charge is -2.34. The summed E-state index contributed by atoms with van der Waals surface area (Å²) in [4.78, 5) is 13.6. The van der Waals surface area contributed by atoms with Gasteiger partial charge in [0.25, 0.3) is 5.69 Å². The second-order valence-electron chi connectivity index (χ2n) is 7.14. The molecule has 6 heteroatoms. The van der Waals surface area contributed by atoms with Gasteiger partial charge in [-0.2, -0.15) is 0 Å². The zero-order valence-corrected chi connectivity index (χ0v) is 15.0. The van der Waals surface area contributed by atoms with E-state index >= 15 is 0 Å². The summed E-state index contributed by atoms with van der Waals surface area (Å²) in [5, 5.41) is 18.1. The summed E-state index contributed by atoms with van der Waals surface area (Å²) in [6.07, 6.45) is 1.89. The maximum Gasteiger partial charge on any atom is 0.292 e. The molecule has 1 unspecified atom stereocenters. The van der Waals surface area contributed by atoms with E-state index in [1.807, 2.05) is 6.07 Å². The van der Waals surface area contributed by atoms with Gasteiger partial charge in [-0.05, 0) is 37.0 Å². The fraction of sp³-hybridized carbons (Fsp3) is 0.400. The molecule has 0 saturated carbocycles. The molecule has 2 aromatic rings. The number of hydrogen-bond acceptors (Lipinski definition) is 5. The Hall–Kier alpha value is -2.60. The van der Waals surface area contributed by atoms with Gasteiger partial charge in [0.1, 0.15) is 5.69 Å². The highest BCUT2D eigenvalue weighted by Gasteiger charge is 2.25. The number of hydrogen-bond donors (Lipinski definition) is 2. The fourth-order valence-electron chi connectivity index (χ4n) is 4.00. The Bertz CT molecular complexity index is 837. The van der Waals surface area contributed by atoms with E-state index in [4.69, 9.17) is 0 Å². The van der Waals surface area contributed by atoms with E-state index in [2.05, 4.69) is 46.7 Å². The van der Waals surface area contributed by atoms with Crippen LogP contribution in [0.1, 0.15) is 23.6 Å². The van der Waals surface area contributed by atoms with Gasteiger partial charge in [-0.15, -0.1) is 0 Å². The van der Waals surface area contributed by atoms with Gasteiger partial charge in [0.15, 0.2) is 0 Å². The van der Waals surface area contributed by atoms with Gasteiger partial charge in [0, 0.05) is 49.5 Å². The zero-order valence-electron chi connectivity index (χ0n) is 15.0. The van der Waals surface area contributed by atoms with Crippen LogP contribution in [0, 0.1) is 10.1 Å². The number of nitrogens with one attached hydrogen (secondary N) is 2. The number of rotatable bonds is 5. The first kappa shape index (κ1) is 16.8. The lowest BCUT2D eigenvalue weighted by molar-refractivity contribution is -0.384. The van der Waals surface area contributed by atoms with Gasteiger partial charge in [-0.3, -0.25) is 15.0 Å². The van der Waals surface area contributed by atoms with E-state index in [1.165, 1.54) is 11.1 Å². The third-order valence-electron chi connectivity index (χ3n) is 5.54. The van der Waals surface area contributed by atoms with E-state index in [1.54, 1.807) is 6.07 Å². The van der Waals surface area contributed by atoms with Gasteiger partial charge in [-0.1, -0.05) is 24.3 Å². The normalized spacial score (nSPS) is 17.1. The van der Waals surface area contributed by atoms with Crippen molar-refractivity contribution in [3.05, 3.63) is 63.2 Å². The minimum Gasteiger partial charge on any atom is -0.384 e. The number of benzene rings is 2. The van der Waals surface area contributed by atoms with Crippen molar-refractivity contribution < 1.29 is 4.92 Å². The third-order valence-corrected chi connectivity index (χ3v) is 5.54. The molecule has 1 atom stereocenters. The minimum atomic E-state index is -0.289. The van der Waals surface area contributed by atoms with Crippen LogP contribution in [0.5, 0.6) is 0 Å². The van der Waals surface area contributed by atoms with Crippen molar-refractivity contribution in [1.82, 2.24) is 4.90 Å². The van der Waals surface area contributed by atoms with E-state index in [0.29, 0.717) is 18.3 Å². The van der Waals surface area contributed by atoms with Crippen LogP contribution in [-0.2, 0) is 19.4 Å². The monoisotopic (exact) mass is 352 g/mol. The summed E-state index contributed by atoms with van der Waals surface area (Å²) in [5.74, 6) is 0. The predicted molar refractivity (Wildman–Crippen MR) is 104 cm³/mol. The molecule has 0 radical (unpaired) electrons. The molecular formula is C20H24N4O2. The highest BCUT2D eigenvalue weighted by molar-refractivity contribution is 5.77. The zero-order chi connectivity index (χ0) is 18.1. The molecule has 0 fully saturated rings. The number of fused-ring (bicyclic) bond motifs is 2. The average Bonchev–Trinajstić information content (AvgIpc) is 3.14. The van der Waals surface area contributed by atoms with Crippen LogP contribution in [0.15, 0.2) is 36.4 Å². The average molecular weight is 352 g/mol.